The van der Waals surface area contributed by atoms with Crippen molar-refractivity contribution in [3.8, 4) is 5.75 Å². The van der Waals surface area contributed by atoms with Gasteiger partial charge in [-0.25, -0.2) is 0 Å². The van der Waals surface area contributed by atoms with Gasteiger partial charge in [0.05, 0.1) is 12.3 Å². The molecule has 0 heterocycles. The number of anilines is 1. The number of para-hydroxylation sites is 2. The molecule has 0 aromatic heterocycles. The lowest BCUT2D eigenvalue weighted by Gasteiger charge is -2.42. The average molecular weight is 600 g/mol. The van der Waals surface area contributed by atoms with Crippen LogP contribution >= 0.6 is 11.6 Å². The Morgan fingerprint density at radius 1 is 0.703 bits per heavy atom. The van der Waals surface area contributed by atoms with Gasteiger partial charge in [-0.3, -0.25) is 4.79 Å². The second-order valence-electron chi connectivity index (χ2n) is 6.90. The van der Waals surface area contributed by atoms with Crippen LogP contribution in [-0.4, -0.2) is 59.4 Å². The zero-order valence-corrected chi connectivity index (χ0v) is 18.0. The first kappa shape index (κ1) is 32.7. The van der Waals surface area contributed by atoms with Crippen LogP contribution in [0.15, 0.2) is 24.3 Å². The fourth-order valence-electron chi connectivity index (χ4n) is 2.36. The molecule has 0 fully saturated rings. The largest absolute Gasteiger partial charge is 0.492 e. The lowest BCUT2D eigenvalue weighted by molar-refractivity contribution is -0.445. The van der Waals surface area contributed by atoms with Crippen LogP contribution in [-0.2, 0) is 4.79 Å². The maximum Gasteiger partial charge on any atom is 0.393 e. The van der Waals surface area contributed by atoms with E-state index < -0.39 is 64.2 Å². The van der Waals surface area contributed by atoms with Crippen molar-refractivity contribution in [1.82, 2.24) is 0 Å². The van der Waals surface area contributed by atoms with Crippen molar-refractivity contribution in [1.29, 1.82) is 0 Å². The number of carbonyl (C=O) groups excluding carboxylic acids is 1. The summed E-state index contributed by atoms with van der Waals surface area (Å²) >= 11 is 3.44. The molecule has 1 N–H and O–H groups in total. The smallest absolute Gasteiger partial charge is 0.393 e. The van der Waals surface area contributed by atoms with Crippen molar-refractivity contribution >= 4 is 23.2 Å². The van der Waals surface area contributed by atoms with Crippen LogP contribution in [0.1, 0.15) is 6.92 Å². The number of nitrogens with one attached hydrogen (secondary N) is 1. The summed E-state index contributed by atoms with van der Waals surface area (Å²) in [5.74, 6) is -61.3. The Morgan fingerprint density at radius 3 is 1.49 bits per heavy atom. The molecular weight excluding hydrogens is 590 g/mol. The molecule has 0 aliphatic carbocycles. The minimum absolute atomic E-state index is 0.279. The molecule has 214 valence electrons. The Labute approximate surface area is 199 Å². The number of rotatable bonds is 11. The van der Waals surface area contributed by atoms with Gasteiger partial charge in [0.2, 0.25) is 0 Å². The lowest BCUT2D eigenvalue weighted by Crippen LogP contribution is -2.75. The molecule has 1 rings (SSSR count). The third-order valence-corrected chi connectivity index (χ3v) is 4.68. The topological polar surface area (TPSA) is 38.3 Å². The molecule has 1 amide bonds. The highest BCUT2D eigenvalue weighted by Gasteiger charge is 2.95. The summed E-state index contributed by atoms with van der Waals surface area (Å²) in [6.07, 6.45) is 0. The molecule has 20 heteroatoms. The van der Waals surface area contributed by atoms with Crippen molar-refractivity contribution in [3.05, 3.63) is 24.3 Å². The molecular formula is C17H10ClF16NO2. The Kier molecular flexibility index (Phi) is 8.34. The first-order chi connectivity index (χ1) is 16.2. The summed E-state index contributed by atoms with van der Waals surface area (Å²) in [6.45, 7) is 0.989. The summed E-state index contributed by atoms with van der Waals surface area (Å²) in [7, 11) is 0. The maximum absolute atomic E-state index is 14.0. The standard InChI is InChI=1S/C17H10ClF16NO2/c1-2-37-8-6-4-3-5-7(8)35-9(36)10(19,20)11(21,22)12(23,24)13(25,26)14(27,28)15(29,30)16(31,32)17(18,33)34/h3-6H,2H2,1H3,(H,35,36). The first-order valence-corrected chi connectivity index (χ1v) is 9.32. The summed E-state index contributed by atoms with van der Waals surface area (Å²) in [5, 5.41) is -6.04. The van der Waals surface area contributed by atoms with Gasteiger partial charge in [-0.1, -0.05) is 12.1 Å². The molecule has 3 nitrogen and oxygen atoms in total. The van der Waals surface area contributed by atoms with Gasteiger partial charge in [-0.15, -0.1) is 0 Å². The van der Waals surface area contributed by atoms with E-state index in [0.29, 0.717) is 6.07 Å². The lowest BCUT2D eigenvalue weighted by atomic mass is 9.89. The van der Waals surface area contributed by atoms with Crippen molar-refractivity contribution in [3.63, 3.8) is 0 Å². The molecule has 0 aliphatic rings. The number of amides is 1. The minimum atomic E-state index is -8.65. The Bertz CT molecular complexity index is 992. The quantitative estimate of drug-likeness (QED) is 0.214. The molecule has 1 aromatic rings. The van der Waals surface area contributed by atoms with Crippen molar-refractivity contribution in [2.75, 3.05) is 11.9 Å². The van der Waals surface area contributed by atoms with Crippen LogP contribution in [0.3, 0.4) is 0 Å². The number of hydrogen-bond acceptors (Lipinski definition) is 2. The Morgan fingerprint density at radius 2 is 1.08 bits per heavy atom. The number of carbonyl (C=O) groups is 1. The van der Waals surface area contributed by atoms with E-state index in [2.05, 4.69) is 11.6 Å². The van der Waals surface area contributed by atoms with Crippen LogP contribution in [0, 0.1) is 0 Å². The van der Waals surface area contributed by atoms with E-state index in [1.54, 1.807) is 0 Å². The zero-order chi connectivity index (χ0) is 29.7. The summed E-state index contributed by atoms with van der Waals surface area (Å²) in [4.78, 5) is 11.6. The van der Waals surface area contributed by atoms with Gasteiger partial charge in [-0.2, -0.15) is 70.2 Å². The molecule has 0 unspecified atom stereocenters. The second kappa shape index (κ2) is 9.44. The fraction of sp³-hybridized carbons (Fsp3) is 0.588. The van der Waals surface area contributed by atoms with Crippen LogP contribution in [0.25, 0.3) is 0 Å². The van der Waals surface area contributed by atoms with E-state index in [1.165, 1.54) is 6.92 Å². The van der Waals surface area contributed by atoms with E-state index >= 15 is 0 Å². The van der Waals surface area contributed by atoms with E-state index in [1.807, 2.05) is 0 Å². The Hall–Kier alpha value is -2.34. The van der Waals surface area contributed by atoms with Crippen LogP contribution in [0.4, 0.5) is 75.9 Å². The van der Waals surface area contributed by atoms with Gasteiger partial charge >= 0.3 is 52.7 Å². The van der Waals surface area contributed by atoms with Crippen LogP contribution in [0.2, 0.25) is 0 Å². The van der Waals surface area contributed by atoms with Gasteiger partial charge in [-0.05, 0) is 30.7 Å². The highest BCUT2D eigenvalue weighted by Crippen LogP contribution is 2.64. The number of alkyl halides is 17. The molecule has 0 radical (unpaired) electrons. The number of ether oxygens (including phenoxy) is 1. The van der Waals surface area contributed by atoms with Gasteiger partial charge < -0.3 is 10.1 Å². The predicted octanol–water partition coefficient (Wildman–Crippen LogP) is 7.30. The molecule has 0 saturated heterocycles. The fourth-order valence-corrected chi connectivity index (χ4v) is 2.48. The van der Waals surface area contributed by atoms with Crippen molar-refractivity contribution < 1.29 is 79.8 Å². The van der Waals surface area contributed by atoms with Crippen molar-refractivity contribution in [2.24, 2.45) is 0 Å². The van der Waals surface area contributed by atoms with Crippen molar-refractivity contribution in [2.45, 2.75) is 53.8 Å². The molecule has 0 spiro atoms. The van der Waals surface area contributed by atoms with Gasteiger partial charge in [0.15, 0.2) is 0 Å². The maximum atomic E-state index is 14.0. The van der Waals surface area contributed by atoms with Gasteiger partial charge in [0.1, 0.15) is 5.75 Å². The molecule has 0 aliphatic heterocycles. The molecule has 1 aromatic carbocycles. The first-order valence-electron chi connectivity index (χ1n) is 8.94. The van der Waals surface area contributed by atoms with Gasteiger partial charge in [0.25, 0.3) is 0 Å². The zero-order valence-electron chi connectivity index (χ0n) is 17.3. The highest BCUT2D eigenvalue weighted by atomic mass is 35.5. The summed E-state index contributed by atoms with van der Waals surface area (Å²) in [6, 6.07) is 3.51. The van der Waals surface area contributed by atoms with E-state index in [4.69, 9.17) is 4.74 Å². The van der Waals surface area contributed by atoms with Crippen LogP contribution in [0.5, 0.6) is 5.75 Å². The number of halogens is 17. The summed E-state index contributed by atoms with van der Waals surface area (Å²) in [5.41, 5.74) is -0.985. The molecule has 0 bridgehead atoms. The normalized spacial score (nSPS) is 15.0. The van der Waals surface area contributed by atoms with E-state index in [-0.39, 0.29) is 6.61 Å². The predicted molar refractivity (Wildman–Crippen MR) is 91.7 cm³/mol. The number of benzene rings is 1. The SMILES string of the molecule is CCOc1ccccc1NC(=O)C(F)(F)C(F)(F)C(F)(F)C(F)(F)C(F)(F)C(F)(F)C(F)(F)C(F)(F)Cl. The molecule has 0 saturated carbocycles. The van der Waals surface area contributed by atoms with E-state index in [0.717, 1.165) is 23.5 Å². The highest BCUT2D eigenvalue weighted by molar-refractivity contribution is 6.22. The van der Waals surface area contributed by atoms with Crippen LogP contribution < -0.4 is 10.1 Å². The minimum Gasteiger partial charge on any atom is -0.492 e. The molecule has 0 atom stereocenters. The Balaban J connectivity index is 3.59. The van der Waals surface area contributed by atoms with Gasteiger partial charge in [0, 0.05) is 0 Å². The summed E-state index contributed by atoms with van der Waals surface area (Å²) < 4.78 is 220. The number of hydrogen-bond donors (Lipinski definition) is 1. The third kappa shape index (κ3) is 4.71. The van der Waals surface area contributed by atoms with E-state index in [9.17, 15) is 75.0 Å². The third-order valence-electron chi connectivity index (χ3n) is 4.44. The second-order valence-corrected chi connectivity index (χ2v) is 7.38. The molecule has 37 heavy (non-hydrogen) atoms. The average Bonchev–Trinajstić information content (AvgIpc) is 2.73. The monoisotopic (exact) mass is 599 g/mol.